The number of benzene rings is 1. The Morgan fingerprint density at radius 1 is 1.21 bits per heavy atom. The van der Waals surface area contributed by atoms with Crippen LogP contribution in [0.4, 0.5) is 5.69 Å². The Labute approximate surface area is 117 Å². The van der Waals surface area contributed by atoms with E-state index in [4.69, 9.17) is 11.6 Å². The molecule has 1 aromatic heterocycles. The quantitative estimate of drug-likeness (QED) is 0.864. The molecule has 0 saturated heterocycles. The number of anilines is 1. The number of carbonyl (C=O) groups excluding carboxylic acids is 1. The number of halogens is 1. The fourth-order valence-electron chi connectivity index (χ4n) is 1.75. The topological polar surface area (TPSA) is 42.0 Å². The summed E-state index contributed by atoms with van der Waals surface area (Å²) in [6, 6.07) is 11.0. The number of hydrogen-bond donors (Lipinski definition) is 1. The fraction of sp³-hybridized carbons (Fsp3) is 0.200. The van der Waals surface area contributed by atoms with Gasteiger partial charge >= 0.3 is 0 Å². The molecule has 2 rings (SSSR count). The normalized spacial score (nSPS) is 10.3. The summed E-state index contributed by atoms with van der Waals surface area (Å²) in [4.78, 5) is 16.2. The summed E-state index contributed by atoms with van der Waals surface area (Å²) in [5.41, 5.74) is 3.22. The molecule has 0 spiro atoms. The molecular weight excluding hydrogens is 260 g/mol. The average Bonchev–Trinajstić information content (AvgIpc) is 2.42. The number of pyridine rings is 1. The summed E-state index contributed by atoms with van der Waals surface area (Å²) in [7, 11) is 0. The van der Waals surface area contributed by atoms with E-state index in [0.29, 0.717) is 22.1 Å². The molecule has 0 radical (unpaired) electrons. The van der Waals surface area contributed by atoms with Crippen molar-refractivity contribution in [2.45, 2.75) is 20.3 Å². The average molecular weight is 275 g/mol. The van der Waals surface area contributed by atoms with Gasteiger partial charge in [0.15, 0.2) is 0 Å². The molecule has 0 fully saturated rings. The first-order valence-electron chi connectivity index (χ1n) is 6.13. The molecule has 0 aliphatic heterocycles. The second-order valence-corrected chi connectivity index (χ2v) is 4.66. The van der Waals surface area contributed by atoms with E-state index in [2.05, 4.69) is 17.2 Å². The van der Waals surface area contributed by atoms with Gasteiger partial charge < -0.3 is 5.32 Å². The highest BCUT2D eigenvalue weighted by molar-refractivity contribution is 6.29. The van der Waals surface area contributed by atoms with Crippen LogP contribution < -0.4 is 5.32 Å². The first kappa shape index (κ1) is 13.6. The van der Waals surface area contributed by atoms with Crippen molar-refractivity contribution in [2.24, 2.45) is 0 Å². The SMILES string of the molecule is CCc1ccc(C(=O)Nc2ccc(Cl)nc2C)cc1. The van der Waals surface area contributed by atoms with Crippen molar-refractivity contribution in [3.8, 4) is 0 Å². The molecule has 1 N–H and O–H groups in total. The minimum atomic E-state index is -0.144. The van der Waals surface area contributed by atoms with Gasteiger partial charge in [0, 0.05) is 5.56 Å². The summed E-state index contributed by atoms with van der Waals surface area (Å²) in [6.07, 6.45) is 0.960. The van der Waals surface area contributed by atoms with Gasteiger partial charge in [-0.1, -0.05) is 30.7 Å². The number of carbonyl (C=O) groups is 1. The third-order valence-electron chi connectivity index (χ3n) is 2.92. The van der Waals surface area contributed by atoms with Crippen LogP contribution in [0.2, 0.25) is 5.15 Å². The molecule has 0 aliphatic rings. The van der Waals surface area contributed by atoms with Crippen LogP contribution in [0, 0.1) is 6.92 Å². The molecule has 4 heteroatoms. The maximum atomic E-state index is 12.1. The maximum Gasteiger partial charge on any atom is 0.255 e. The predicted molar refractivity (Wildman–Crippen MR) is 77.8 cm³/mol. The van der Waals surface area contributed by atoms with Crippen LogP contribution in [0.3, 0.4) is 0 Å². The predicted octanol–water partition coefficient (Wildman–Crippen LogP) is 3.86. The van der Waals surface area contributed by atoms with Gasteiger partial charge in [0.25, 0.3) is 5.91 Å². The molecule has 1 aromatic carbocycles. The van der Waals surface area contributed by atoms with Crippen molar-refractivity contribution in [3.05, 3.63) is 58.4 Å². The molecule has 0 aliphatic carbocycles. The van der Waals surface area contributed by atoms with Gasteiger partial charge in [-0.15, -0.1) is 0 Å². The number of nitrogens with zero attached hydrogens (tertiary/aromatic N) is 1. The van der Waals surface area contributed by atoms with E-state index in [0.717, 1.165) is 6.42 Å². The number of hydrogen-bond acceptors (Lipinski definition) is 2. The lowest BCUT2D eigenvalue weighted by atomic mass is 10.1. The molecule has 0 atom stereocenters. The van der Waals surface area contributed by atoms with Gasteiger partial charge in [-0.2, -0.15) is 0 Å². The van der Waals surface area contributed by atoms with Gasteiger partial charge in [-0.25, -0.2) is 4.98 Å². The van der Waals surface area contributed by atoms with Gasteiger partial charge in [0.2, 0.25) is 0 Å². The van der Waals surface area contributed by atoms with Crippen LogP contribution in [-0.2, 0) is 6.42 Å². The Balaban J connectivity index is 2.15. The number of aryl methyl sites for hydroxylation is 2. The van der Waals surface area contributed by atoms with Gasteiger partial charge in [0.1, 0.15) is 5.15 Å². The van der Waals surface area contributed by atoms with Crippen LogP contribution in [-0.4, -0.2) is 10.9 Å². The van der Waals surface area contributed by atoms with E-state index >= 15 is 0 Å². The van der Waals surface area contributed by atoms with Crippen molar-refractivity contribution in [2.75, 3.05) is 5.32 Å². The Kier molecular flexibility index (Phi) is 4.17. The van der Waals surface area contributed by atoms with Crippen LogP contribution in [0.5, 0.6) is 0 Å². The zero-order valence-corrected chi connectivity index (χ0v) is 11.7. The molecule has 1 heterocycles. The molecule has 98 valence electrons. The van der Waals surface area contributed by atoms with Crippen LogP contribution in [0.15, 0.2) is 36.4 Å². The van der Waals surface area contributed by atoms with E-state index in [1.54, 1.807) is 12.1 Å². The molecule has 1 amide bonds. The first-order valence-corrected chi connectivity index (χ1v) is 6.51. The lowest BCUT2D eigenvalue weighted by Gasteiger charge is -2.08. The smallest absolute Gasteiger partial charge is 0.255 e. The highest BCUT2D eigenvalue weighted by Gasteiger charge is 2.08. The van der Waals surface area contributed by atoms with Gasteiger partial charge in [-0.3, -0.25) is 4.79 Å². The highest BCUT2D eigenvalue weighted by Crippen LogP contribution is 2.17. The summed E-state index contributed by atoms with van der Waals surface area (Å²) < 4.78 is 0. The Morgan fingerprint density at radius 3 is 2.47 bits per heavy atom. The molecule has 0 saturated carbocycles. The van der Waals surface area contributed by atoms with Crippen LogP contribution in [0.25, 0.3) is 0 Å². The Hall–Kier alpha value is -1.87. The molecule has 3 nitrogen and oxygen atoms in total. The minimum Gasteiger partial charge on any atom is -0.320 e. The zero-order valence-electron chi connectivity index (χ0n) is 10.9. The standard InChI is InChI=1S/C15H15ClN2O/c1-3-11-4-6-12(7-5-11)15(19)18-13-8-9-14(16)17-10(13)2/h4-9H,3H2,1-2H3,(H,18,19). The third-order valence-corrected chi connectivity index (χ3v) is 3.13. The van der Waals surface area contributed by atoms with E-state index in [1.807, 2.05) is 31.2 Å². The van der Waals surface area contributed by atoms with Gasteiger partial charge in [-0.05, 0) is 43.2 Å². The molecule has 2 aromatic rings. The van der Waals surface area contributed by atoms with Crippen molar-refractivity contribution >= 4 is 23.2 Å². The summed E-state index contributed by atoms with van der Waals surface area (Å²) in [5, 5.41) is 3.25. The second-order valence-electron chi connectivity index (χ2n) is 4.27. The van der Waals surface area contributed by atoms with Crippen molar-refractivity contribution in [3.63, 3.8) is 0 Å². The van der Waals surface area contributed by atoms with Gasteiger partial charge in [0.05, 0.1) is 11.4 Å². The summed E-state index contributed by atoms with van der Waals surface area (Å²) in [6.45, 7) is 3.89. The van der Waals surface area contributed by atoms with E-state index in [9.17, 15) is 4.79 Å². The third kappa shape index (κ3) is 3.32. The molecule has 0 bridgehead atoms. The minimum absolute atomic E-state index is 0.144. The van der Waals surface area contributed by atoms with Crippen molar-refractivity contribution in [1.29, 1.82) is 0 Å². The summed E-state index contributed by atoms with van der Waals surface area (Å²) in [5.74, 6) is -0.144. The van der Waals surface area contributed by atoms with Crippen LogP contribution >= 0.6 is 11.6 Å². The molecule has 0 unspecified atom stereocenters. The zero-order chi connectivity index (χ0) is 13.8. The summed E-state index contributed by atoms with van der Waals surface area (Å²) >= 11 is 5.78. The number of amides is 1. The van der Waals surface area contributed by atoms with Crippen LogP contribution in [0.1, 0.15) is 28.5 Å². The lowest BCUT2D eigenvalue weighted by molar-refractivity contribution is 0.102. The monoisotopic (exact) mass is 274 g/mol. The van der Waals surface area contributed by atoms with E-state index in [-0.39, 0.29) is 5.91 Å². The fourth-order valence-corrected chi connectivity index (χ4v) is 1.94. The second kappa shape index (κ2) is 5.85. The van der Waals surface area contributed by atoms with E-state index in [1.165, 1.54) is 5.56 Å². The highest BCUT2D eigenvalue weighted by atomic mass is 35.5. The largest absolute Gasteiger partial charge is 0.320 e. The maximum absolute atomic E-state index is 12.1. The number of nitrogens with one attached hydrogen (secondary N) is 1. The van der Waals surface area contributed by atoms with Crippen molar-refractivity contribution < 1.29 is 4.79 Å². The van der Waals surface area contributed by atoms with Crippen molar-refractivity contribution in [1.82, 2.24) is 4.98 Å². The Bertz CT molecular complexity index is 594. The molecule has 19 heavy (non-hydrogen) atoms. The van der Waals surface area contributed by atoms with E-state index < -0.39 is 0 Å². The Morgan fingerprint density at radius 2 is 1.89 bits per heavy atom. The molecular formula is C15H15ClN2O. The lowest BCUT2D eigenvalue weighted by Crippen LogP contribution is -2.13. The number of rotatable bonds is 3. The number of aromatic nitrogens is 1. The first-order chi connectivity index (χ1) is 9.10.